The fourth-order valence-electron chi connectivity index (χ4n) is 1.20. The van der Waals surface area contributed by atoms with Gasteiger partial charge in [-0.2, -0.15) is 0 Å². The van der Waals surface area contributed by atoms with E-state index in [0.29, 0.717) is 12.3 Å². The van der Waals surface area contributed by atoms with Crippen LogP contribution in [0.3, 0.4) is 0 Å². The second-order valence-electron chi connectivity index (χ2n) is 3.13. The molecule has 0 radical (unpaired) electrons. The van der Waals surface area contributed by atoms with Gasteiger partial charge in [-0.25, -0.2) is 0 Å². The van der Waals surface area contributed by atoms with E-state index >= 15 is 0 Å². The van der Waals surface area contributed by atoms with Gasteiger partial charge < -0.3 is 10.5 Å². The zero-order chi connectivity index (χ0) is 10.4. The number of carbonyl (C=O) groups excluding carboxylic acids is 1. The number of nitrogens with two attached hydrogens (primary N) is 1. The van der Waals surface area contributed by atoms with Crippen LogP contribution in [0, 0.1) is 0 Å². The molecule has 0 saturated carbocycles. The molecule has 0 amide bonds. The van der Waals surface area contributed by atoms with Crippen molar-refractivity contribution in [3.63, 3.8) is 0 Å². The number of hydrogen-bond acceptors (Lipinski definition) is 3. The lowest BCUT2D eigenvalue weighted by Crippen LogP contribution is -2.02. The van der Waals surface area contributed by atoms with E-state index in [4.69, 9.17) is 10.5 Å². The minimum absolute atomic E-state index is 0. The van der Waals surface area contributed by atoms with Crippen molar-refractivity contribution in [2.75, 3.05) is 6.54 Å². The monoisotopic (exact) mass is 229 g/mol. The Morgan fingerprint density at radius 1 is 1.33 bits per heavy atom. The van der Waals surface area contributed by atoms with Gasteiger partial charge in [-0.05, 0) is 37.1 Å². The summed E-state index contributed by atoms with van der Waals surface area (Å²) >= 11 is 0. The highest BCUT2D eigenvalue weighted by atomic mass is 35.5. The number of esters is 1. The lowest BCUT2D eigenvalue weighted by molar-refractivity contribution is -0.131. The quantitative estimate of drug-likeness (QED) is 0.634. The summed E-state index contributed by atoms with van der Waals surface area (Å²) in [5, 5.41) is 0. The van der Waals surface area contributed by atoms with Crippen LogP contribution in [-0.4, -0.2) is 12.5 Å². The van der Waals surface area contributed by atoms with E-state index < -0.39 is 0 Å². The number of aryl methyl sites for hydroxylation is 1. The van der Waals surface area contributed by atoms with Crippen LogP contribution in [0.2, 0.25) is 0 Å². The zero-order valence-electron chi connectivity index (χ0n) is 8.73. The van der Waals surface area contributed by atoms with Crippen molar-refractivity contribution < 1.29 is 9.53 Å². The van der Waals surface area contributed by atoms with Crippen LogP contribution in [0.4, 0.5) is 0 Å². The third-order valence-corrected chi connectivity index (χ3v) is 1.85. The van der Waals surface area contributed by atoms with E-state index in [9.17, 15) is 4.79 Å². The summed E-state index contributed by atoms with van der Waals surface area (Å²) in [6.07, 6.45) is 1.95. The van der Waals surface area contributed by atoms with Crippen LogP contribution < -0.4 is 10.5 Å². The molecule has 0 fully saturated rings. The van der Waals surface area contributed by atoms with Gasteiger partial charge in [0.15, 0.2) is 0 Å². The molecule has 15 heavy (non-hydrogen) atoms. The van der Waals surface area contributed by atoms with Gasteiger partial charge in [0.2, 0.25) is 0 Å². The Labute approximate surface area is 96.0 Å². The Morgan fingerprint density at radius 2 is 1.93 bits per heavy atom. The predicted octanol–water partition coefficient (Wildman–Crippen LogP) is 1.93. The van der Waals surface area contributed by atoms with Crippen LogP contribution in [0.25, 0.3) is 0 Å². The van der Waals surface area contributed by atoms with Crippen molar-refractivity contribution in [2.24, 2.45) is 5.73 Å². The van der Waals surface area contributed by atoms with E-state index in [1.54, 1.807) is 12.1 Å². The standard InChI is InChI=1S/C11H15NO2.ClH/c1-9(13)14-11-6-4-10(5-7-11)3-2-8-12;/h4-7H,2-3,8,12H2,1H3;1H. The Balaban J connectivity index is 0.00000196. The third kappa shape index (κ3) is 5.40. The first kappa shape index (κ1) is 13.9. The lowest BCUT2D eigenvalue weighted by atomic mass is 10.1. The average molecular weight is 230 g/mol. The van der Waals surface area contributed by atoms with Crippen LogP contribution in [-0.2, 0) is 11.2 Å². The van der Waals surface area contributed by atoms with E-state index in [2.05, 4.69) is 0 Å². The van der Waals surface area contributed by atoms with Crippen molar-refractivity contribution in [3.05, 3.63) is 29.8 Å². The van der Waals surface area contributed by atoms with E-state index in [1.807, 2.05) is 12.1 Å². The highest BCUT2D eigenvalue weighted by Gasteiger charge is 1.97. The summed E-state index contributed by atoms with van der Waals surface area (Å²) in [7, 11) is 0. The second-order valence-corrected chi connectivity index (χ2v) is 3.13. The maximum absolute atomic E-state index is 10.6. The minimum atomic E-state index is -0.292. The maximum atomic E-state index is 10.6. The normalized spacial score (nSPS) is 9.20. The van der Waals surface area contributed by atoms with Crippen LogP contribution >= 0.6 is 12.4 Å². The molecule has 0 aliphatic heterocycles. The number of benzene rings is 1. The second kappa shape index (κ2) is 7.26. The Hall–Kier alpha value is -1.06. The summed E-state index contributed by atoms with van der Waals surface area (Å²) in [6, 6.07) is 7.50. The molecular formula is C11H16ClNO2. The molecule has 1 aromatic carbocycles. The number of rotatable bonds is 4. The molecule has 0 saturated heterocycles. The molecule has 3 nitrogen and oxygen atoms in total. The number of halogens is 1. The summed E-state index contributed by atoms with van der Waals surface area (Å²) in [4.78, 5) is 10.6. The highest BCUT2D eigenvalue weighted by molar-refractivity contribution is 5.85. The van der Waals surface area contributed by atoms with Crippen molar-refractivity contribution >= 4 is 18.4 Å². The maximum Gasteiger partial charge on any atom is 0.308 e. The molecule has 0 atom stereocenters. The van der Waals surface area contributed by atoms with E-state index in [1.165, 1.54) is 12.5 Å². The number of hydrogen-bond donors (Lipinski definition) is 1. The molecule has 0 aliphatic carbocycles. The topological polar surface area (TPSA) is 52.3 Å². The van der Waals surface area contributed by atoms with Gasteiger partial charge in [-0.1, -0.05) is 12.1 Å². The third-order valence-electron chi connectivity index (χ3n) is 1.85. The summed E-state index contributed by atoms with van der Waals surface area (Å²) in [5.41, 5.74) is 6.62. The summed E-state index contributed by atoms with van der Waals surface area (Å²) in [5.74, 6) is 0.300. The largest absolute Gasteiger partial charge is 0.427 e. The predicted molar refractivity (Wildman–Crippen MR) is 62.4 cm³/mol. The molecule has 84 valence electrons. The first-order chi connectivity index (χ1) is 6.72. The van der Waals surface area contributed by atoms with Crippen molar-refractivity contribution in [1.29, 1.82) is 0 Å². The molecule has 0 aromatic heterocycles. The number of ether oxygens (including phenoxy) is 1. The van der Waals surface area contributed by atoms with Gasteiger partial charge in [0.25, 0.3) is 0 Å². The first-order valence-electron chi connectivity index (χ1n) is 4.70. The smallest absolute Gasteiger partial charge is 0.308 e. The van der Waals surface area contributed by atoms with E-state index in [0.717, 1.165) is 12.8 Å². The Bertz CT molecular complexity index is 298. The number of carbonyl (C=O) groups is 1. The molecule has 1 aromatic rings. The van der Waals surface area contributed by atoms with Crippen molar-refractivity contribution in [1.82, 2.24) is 0 Å². The summed E-state index contributed by atoms with van der Waals surface area (Å²) in [6.45, 7) is 2.09. The fraction of sp³-hybridized carbons (Fsp3) is 0.364. The Morgan fingerprint density at radius 3 is 2.40 bits per heavy atom. The van der Waals surface area contributed by atoms with E-state index in [-0.39, 0.29) is 18.4 Å². The van der Waals surface area contributed by atoms with Gasteiger partial charge in [-0.15, -0.1) is 12.4 Å². The van der Waals surface area contributed by atoms with Crippen LogP contribution in [0.5, 0.6) is 5.75 Å². The SMILES string of the molecule is CC(=O)Oc1ccc(CCCN)cc1.Cl. The fourth-order valence-corrected chi connectivity index (χ4v) is 1.20. The van der Waals surface area contributed by atoms with Crippen molar-refractivity contribution in [2.45, 2.75) is 19.8 Å². The lowest BCUT2D eigenvalue weighted by Gasteiger charge is -2.02. The van der Waals surface area contributed by atoms with Crippen molar-refractivity contribution in [3.8, 4) is 5.75 Å². The van der Waals surface area contributed by atoms with Crippen LogP contribution in [0.15, 0.2) is 24.3 Å². The summed E-state index contributed by atoms with van der Waals surface area (Å²) < 4.78 is 4.91. The molecule has 2 N–H and O–H groups in total. The molecular weight excluding hydrogens is 214 g/mol. The molecule has 0 bridgehead atoms. The van der Waals surface area contributed by atoms with Gasteiger partial charge in [0, 0.05) is 6.92 Å². The molecule has 0 heterocycles. The average Bonchev–Trinajstić information content (AvgIpc) is 2.16. The zero-order valence-corrected chi connectivity index (χ0v) is 9.55. The highest BCUT2D eigenvalue weighted by Crippen LogP contribution is 2.13. The van der Waals surface area contributed by atoms with Crippen LogP contribution in [0.1, 0.15) is 18.9 Å². The Kier molecular flexibility index (Phi) is 6.75. The molecule has 0 unspecified atom stereocenters. The minimum Gasteiger partial charge on any atom is -0.427 e. The molecule has 4 heteroatoms. The molecule has 0 spiro atoms. The molecule has 0 aliphatic rings. The molecule has 1 rings (SSSR count). The van der Waals surface area contributed by atoms with Gasteiger partial charge in [0.1, 0.15) is 5.75 Å². The van der Waals surface area contributed by atoms with Gasteiger partial charge >= 0.3 is 5.97 Å². The van der Waals surface area contributed by atoms with Gasteiger partial charge in [0.05, 0.1) is 0 Å². The van der Waals surface area contributed by atoms with Gasteiger partial charge in [-0.3, -0.25) is 4.79 Å². The first-order valence-corrected chi connectivity index (χ1v) is 4.70.